The van der Waals surface area contributed by atoms with Crippen LogP contribution in [0.3, 0.4) is 0 Å². The van der Waals surface area contributed by atoms with E-state index in [1.54, 1.807) is 34.4 Å². The van der Waals surface area contributed by atoms with Crippen molar-refractivity contribution in [1.29, 1.82) is 0 Å². The van der Waals surface area contributed by atoms with E-state index in [1.165, 1.54) is 29.5 Å². The molecule has 0 saturated carbocycles. The van der Waals surface area contributed by atoms with Crippen LogP contribution >= 0.6 is 5.51 Å². The molecule has 30 heavy (non-hydrogen) atoms. The molecule has 0 radical (unpaired) electrons. The summed E-state index contributed by atoms with van der Waals surface area (Å²) in [5.41, 5.74) is 7.44. The zero-order valence-corrected chi connectivity index (χ0v) is 24.2. The van der Waals surface area contributed by atoms with Gasteiger partial charge in [-0.2, -0.15) is 0 Å². The molecule has 0 bridgehead atoms. The first-order valence-corrected chi connectivity index (χ1v) is 17.5. The van der Waals surface area contributed by atoms with Crippen molar-refractivity contribution in [2.24, 2.45) is 0 Å². The molecule has 0 atom stereocenters. The molecular formula is C27H33PSeTe. The number of rotatable bonds is 5. The summed E-state index contributed by atoms with van der Waals surface area (Å²) >= 11 is 3.35. The third-order valence-corrected chi connectivity index (χ3v) is 21.4. The molecule has 0 nitrogen and oxygen atoms in total. The molecule has 3 heteroatoms. The molecule has 0 N–H and O–H groups in total. The number of hydrogen-bond donors (Lipinski definition) is 0. The van der Waals surface area contributed by atoms with Gasteiger partial charge < -0.3 is 0 Å². The first kappa shape index (κ1) is 22.8. The van der Waals surface area contributed by atoms with E-state index in [-0.39, 0.29) is 0 Å². The zero-order chi connectivity index (χ0) is 21.8. The molecule has 3 aromatic rings. The minimum atomic E-state index is -1.39. The predicted molar refractivity (Wildman–Crippen MR) is 140 cm³/mol. The first-order valence-electron chi connectivity index (χ1n) is 11.1. The van der Waals surface area contributed by atoms with Crippen molar-refractivity contribution < 1.29 is 0 Å². The molecule has 0 spiro atoms. The van der Waals surface area contributed by atoms with Crippen LogP contribution < -0.4 is 12.5 Å². The Labute approximate surface area is 200 Å². The molecule has 0 aliphatic heterocycles. The van der Waals surface area contributed by atoms with Gasteiger partial charge in [0.05, 0.1) is 0 Å². The fraction of sp³-hybridized carbons (Fsp3) is 0.407. The summed E-state index contributed by atoms with van der Waals surface area (Å²) in [6.45, 7) is 16.6. The van der Waals surface area contributed by atoms with Crippen molar-refractivity contribution in [3.05, 3.63) is 64.2 Å². The SMILES string of the molecule is Cc1cc(C)c([Te]c2ccc3c4c(ccc(P(=[Se])(C(C)C)C(C)C)c24)CC3)c(C)c1. The second-order valence-corrected chi connectivity index (χ2v) is 20.2. The fourth-order valence-electron chi connectivity index (χ4n) is 5.25. The Hall–Kier alpha value is -0.341. The van der Waals surface area contributed by atoms with Crippen molar-refractivity contribution in [3.63, 3.8) is 0 Å². The summed E-state index contributed by atoms with van der Waals surface area (Å²) in [5.74, 6) is 0. The van der Waals surface area contributed by atoms with Crippen LogP contribution in [0.5, 0.6) is 0 Å². The summed E-state index contributed by atoms with van der Waals surface area (Å²) in [5, 5.41) is 4.90. The first-order chi connectivity index (χ1) is 14.1. The molecule has 158 valence electrons. The van der Waals surface area contributed by atoms with E-state index in [1.807, 2.05) is 0 Å². The van der Waals surface area contributed by atoms with Crippen molar-refractivity contribution >= 4 is 64.8 Å². The van der Waals surface area contributed by atoms with Crippen LogP contribution in [0.4, 0.5) is 0 Å². The van der Waals surface area contributed by atoms with Gasteiger partial charge in [0.25, 0.3) is 0 Å². The van der Waals surface area contributed by atoms with E-state index in [4.69, 9.17) is 0 Å². The van der Waals surface area contributed by atoms with Crippen LogP contribution in [-0.4, -0.2) is 47.3 Å². The summed E-state index contributed by atoms with van der Waals surface area (Å²) in [7, 11) is 0. The summed E-state index contributed by atoms with van der Waals surface area (Å²) in [4.78, 5) is 0. The van der Waals surface area contributed by atoms with Gasteiger partial charge in [0.15, 0.2) is 0 Å². The van der Waals surface area contributed by atoms with Crippen LogP contribution in [0.2, 0.25) is 0 Å². The monoisotopic (exact) mass is 598 g/mol. The van der Waals surface area contributed by atoms with E-state index < -0.39 is 26.4 Å². The second-order valence-electron chi connectivity index (χ2n) is 9.44. The molecule has 0 unspecified atom stereocenters. The molecule has 1 aliphatic carbocycles. The third kappa shape index (κ3) is 3.72. The van der Waals surface area contributed by atoms with E-state index in [2.05, 4.69) is 100.0 Å². The summed E-state index contributed by atoms with van der Waals surface area (Å²) in [6.07, 6.45) is 2.42. The Morgan fingerprint density at radius 1 is 0.800 bits per heavy atom. The van der Waals surface area contributed by atoms with E-state index in [0.29, 0.717) is 11.3 Å². The van der Waals surface area contributed by atoms with Gasteiger partial charge in [-0.3, -0.25) is 0 Å². The molecular weight excluding hydrogens is 562 g/mol. The number of benzene rings is 3. The Balaban J connectivity index is 2.02. The van der Waals surface area contributed by atoms with Gasteiger partial charge in [-0.1, -0.05) is 0 Å². The topological polar surface area (TPSA) is 0 Å². The van der Waals surface area contributed by atoms with Gasteiger partial charge in [0.1, 0.15) is 0 Å². The summed E-state index contributed by atoms with van der Waals surface area (Å²) < 4.78 is 3.28. The molecule has 3 aromatic carbocycles. The molecule has 0 heterocycles. The van der Waals surface area contributed by atoms with Gasteiger partial charge in [0, 0.05) is 0 Å². The average Bonchev–Trinajstić information content (AvgIpc) is 3.09. The van der Waals surface area contributed by atoms with Crippen LogP contribution in [0.15, 0.2) is 36.4 Å². The van der Waals surface area contributed by atoms with Crippen LogP contribution in [0, 0.1) is 20.8 Å². The van der Waals surface area contributed by atoms with Crippen molar-refractivity contribution in [2.75, 3.05) is 0 Å². The van der Waals surface area contributed by atoms with Gasteiger partial charge in [-0.15, -0.1) is 0 Å². The molecule has 0 fully saturated rings. The minimum absolute atomic E-state index is 0.457. The Morgan fingerprint density at radius 2 is 1.33 bits per heavy atom. The third-order valence-electron chi connectivity index (χ3n) is 6.66. The van der Waals surface area contributed by atoms with Gasteiger partial charge >= 0.3 is 202 Å². The number of hydrogen-bond acceptors (Lipinski definition) is 0. The van der Waals surface area contributed by atoms with Crippen LogP contribution in [-0.2, 0) is 12.8 Å². The Kier molecular flexibility index (Phi) is 6.50. The molecule has 1 aliphatic rings. The van der Waals surface area contributed by atoms with Gasteiger partial charge in [0.2, 0.25) is 0 Å². The van der Waals surface area contributed by atoms with Crippen molar-refractivity contribution in [1.82, 2.24) is 0 Å². The quantitative estimate of drug-likeness (QED) is 0.286. The van der Waals surface area contributed by atoms with Gasteiger partial charge in [-0.05, 0) is 0 Å². The number of aryl methyl sites for hydroxylation is 5. The fourth-order valence-corrected chi connectivity index (χ4v) is 12.8. The second kappa shape index (κ2) is 8.54. The average molecular weight is 595 g/mol. The van der Waals surface area contributed by atoms with Crippen molar-refractivity contribution in [2.45, 2.75) is 72.6 Å². The Morgan fingerprint density at radius 3 is 1.87 bits per heavy atom. The maximum atomic E-state index is 3.80. The normalized spacial score (nSPS) is 13.8. The van der Waals surface area contributed by atoms with Crippen LogP contribution in [0.1, 0.15) is 55.5 Å². The molecule has 0 saturated heterocycles. The molecule has 4 rings (SSSR count). The standard InChI is InChI=1S/C27H33PSeTe/c1-16(2)28(29,17(3)4)23-12-10-21-8-9-22-11-13-24(26(23)25(21)22)30-27-19(6)14-18(5)15-20(27)7/h10-17H,8-9H2,1-7H3. The van der Waals surface area contributed by atoms with E-state index >= 15 is 0 Å². The van der Waals surface area contributed by atoms with E-state index in [9.17, 15) is 0 Å². The van der Waals surface area contributed by atoms with Crippen LogP contribution in [0.25, 0.3) is 10.8 Å². The Bertz CT molecular complexity index is 1140. The molecule has 0 amide bonds. The van der Waals surface area contributed by atoms with Crippen molar-refractivity contribution in [3.8, 4) is 0 Å². The molecule has 0 aromatic heterocycles. The summed E-state index contributed by atoms with van der Waals surface area (Å²) in [6, 6.07) is 14.7. The predicted octanol–water partition coefficient (Wildman–Crippen LogP) is 5.06. The maximum absolute atomic E-state index is 3.80. The zero-order valence-electron chi connectivity index (χ0n) is 19.3. The van der Waals surface area contributed by atoms with Gasteiger partial charge in [-0.25, -0.2) is 0 Å². The van der Waals surface area contributed by atoms with E-state index in [0.717, 1.165) is 0 Å².